The Kier molecular flexibility index (Phi) is 4.04. The van der Waals surface area contributed by atoms with Gasteiger partial charge in [-0.1, -0.05) is 26.7 Å². The molecule has 1 aromatic rings. The summed E-state index contributed by atoms with van der Waals surface area (Å²) in [5.74, 6) is 1.90. The van der Waals surface area contributed by atoms with Gasteiger partial charge in [0.05, 0.1) is 0 Å². The van der Waals surface area contributed by atoms with Crippen LogP contribution in [-0.2, 0) is 5.41 Å². The van der Waals surface area contributed by atoms with E-state index in [1.54, 1.807) is 0 Å². The first-order chi connectivity index (χ1) is 13.2. The van der Waals surface area contributed by atoms with Crippen LogP contribution in [0.5, 0.6) is 0 Å². The Morgan fingerprint density at radius 1 is 0.964 bits per heavy atom. The summed E-state index contributed by atoms with van der Waals surface area (Å²) in [6.45, 7) is 4.36. The van der Waals surface area contributed by atoms with Crippen LogP contribution in [0.15, 0.2) is 10.8 Å². The Morgan fingerprint density at radius 3 is 2.46 bits per heavy atom. The van der Waals surface area contributed by atoms with Gasteiger partial charge in [-0.2, -0.15) is 13.2 Å². The molecule has 28 heavy (non-hydrogen) atoms. The fourth-order valence-corrected chi connectivity index (χ4v) is 8.72. The highest BCUT2D eigenvalue weighted by Crippen LogP contribution is 2.73. The van der Waals surface area contributed by atoms with Gasteiger partial charge in [-0.25, -0.2) is 0 Å². The number of halogens is 3. The van der Waals surface area contributed by atoms with Crippen molar-refractivity contribution in [1.29, 1.82) is 0 Å². The van der Waals surface area contributed by atoms with Crippen molar-refractivity contribution in [3.8, 4) is 0 Å². The molecule has 4 aliphatic rings. The number of alkyl halides is 3. The van der Waals surface area contributed by atoms with E-state index in [0.29, 0.717) is 30.1 Å². The molecule has 0 N–H and O–H groups in total. The van der Waals surface area contributed by atoms with Crippen molar-refractivity contribution >= 4 is 0 Å². The lowest BCUT2D eigenvalue weighted by molar-refractivity contribution is -0.235. The van der Waals surface area contributed by atoms with E-state index in [-0.39, 0.29) is 18.0 Å². The maximum absolute atomic E-state index is 14.7. The van der Waals surface area contributed by atoms with Gasteiger partial charge >= 0.3 is 6.18 Å². The first-order valence-corrected chi connectivity index (χ1v) is 11.1. The van der Waals surface area contributed by atoms with Crippen LogP contribution in [0.4, 0.5) is 13.2 Å². The van der Waals surface area contributed by atoms with E-state index >= 15 is 0 Å². The number of nitrogens with zero attached hydrogens (tertiary/aromatic N) is 2. The van der Waals surface area contributed by atoms with E-state index in [0.717, 1.165) is 25.0 Å². The summed E-state index contributed by atoms with van der Waals surface area (Å²) < 4.78 is 48.8. The molecule has 0 spiro atoms. The van der Waals surface area contributed by atoms with E-state index in [1.807, 2.05) is 6.92 Å². The van der Waals surface area contributed by atoms with Gasteiger partial charge in [0.1, 0.15) is 17.4 Å². The second-order valence-corrected chi connectivity index (χ2v) is 10.6. The third-order valence-corrected chi connectivity index (χ3v) is 10.1. The molecule has 0 amide bonds. The van der Waals surface area contributed by atoms with Crippen LogP contribution in [0.3, 0.4) is 0 Å². The second-order valence-electron chi connectivity index (χ2n) is 10.6. The molecule has 0 saturated heterocycles. The van der Waals surface area contributed by atoms with E-state index in [9.17, 15) is 13.2 Å². The number of hydrogen-bond donors (Lipinski definition) is 0. The maximum Gasteiger partial charge on any atom is 0.400 e. The van der Waals surface area contributed by atoms with Crippen LogP contribution in [0, 0.1) is 34.5 Å². The summed E-state index contributed by atoms with van der Waals surface area (Å²) in [5, 5.41) is 7.24. The summed E-state index contributed by atoms with van der Waals surface area (Å²) >= 11 is 0. The molecule has 156 valence electrons. The van der Waals surface area contributed by atoms with Crippen molar-refractivity contribution in [2.75, 3.05) is 0 Å². The van der Waals surface area contributed by atoms with Crippen molar-refractivity contribution in [3.05, 3.63) is 12.0 Å². The summed E-state index contributed by atoms with van der Waals surface area (Å²) in [5.41, 5.74) is -2.40. The van der Waals surface area contributed by atoms with E-state index < -0.39 is 17.0 Å². The largest absolute Gasteiger partial charge is 0.400 e. The number of fused-ring (bicyclic) bond motifs is 5. The Bertz CT molecular complexity index is 735. The van der Waals surface area contributed by atoms with Crippen LogP contribution < -0.4 is 0 Å². The van der Waals surface area contributed by atoms with Gasteiger partial charge in [0, 0.05) is 5.27 Å². The third kappa shape index (κ3) is 2.18. The lowest BCUT2D eigenvalue weighted by Crippen LogP contribution is -2.59. The second kappa shape index (κ2) is 5.98. The molecule has 0 aromatic carbocycles. The molecule has 4 fully saturated rings. The van der Waals surface area contributed by atoms with Gasteiger partial charge in [-0.15, -0.1) is 5.10 Å². The molecule has 6 heteroatoms. The molecule has 0 radical (unpaired) electrons. The lowest BCUT2D eigenvalue weighted by Gasteiger charge is -2.61. The maximum atomic E-state index is 14.7. The zero-order valence-electron chi connectivity index (χ0n) is 16.9. The molecule has 2 unspecified atom stereocenters. The van der Waals surface area contributed by atoms with Gasteiger partial charge in [0.25, 0.3) is 0 Å². The predicted octanol–water partition coefficient (Wildman–Crippen LogP) is 6.30. The topological polar surface area (TPSA) is 38.9 Å². The zero-order valence-corrected chi connectivity index (χ0v) is 16.9. The normalized spacial score (nSPS) is 48.6. The Labute approximate surface area is 164 Å². The number of hydrogen-bond acceptors (Lipinski definition) is 3. The molecule has 1 heterocycles. The van der Waals surface area contributed by atoms with Crippen LogP contribution in [0.2, 0.25) is 0 Å². The average molecular weight is 396 g/mol. The summed E-state index contributed by atoms with van der Waals surface area (Å²) in [6.07, 6.45) is 6.63. The number of aromatic nitrogens is 2. The molecule has 5 rings (SSSR count). The van der Waals surface area contributed by atoms with Crippen molar-refractivity contribution < 1.29 is 17.7 Å². The van der Waals surface area contributed by atoms with Crippen molar-refractivity contribution in [1.82, 2.24) is 10.4 Å². The standard InChI is InChI=1S/C22H31F3N2O/c1-19-10-4-3-5-14(19)6-7-15-16(19)8-11-20(2)17(15)9-12-21(20,22(23,24)25)18-13-28-27-26-18/h13-17H,3-12H2,1-2H3/t14?,15-,16-,17+,19+,20+,21?/m1/s1. The first-order valence-electron chi connectivity index (χ1n) is 11.1. The molecule has 3 nitrogen and oxygen atoms in total. The smallest absolute Gasteiger partial charge is 0.345 e. The van der Waals surface area contributed by atoms with Crippen molar-refractivity contribution in [2.24, 2.45) is 34.5 Å². The SMILES string of the molecule is C[C@]12CCCCC1CC[C@@H]1[C@H]2CC[C@@]2(C)[C@H]1CCC2(c1conn1)C(F)(F)F. The Hall–Kier alpha value is -1.07. The van der Waals surface area contributed by atoms with Gasteiger partial charge in [0.15, 0.2) is 0 Å². The molecule has 4 aliphatic carbocycles. The minimum absolute atomic E-state index is 0.000939. The summed E-state index contributed by atoms with van der Waals surface area (Å²) in [7, 11) is 0. The number of rotatable bonds is 1. The summed E-state index contributed by atoms with van der Waals surface area (Å²) in [4.78, 5) is 0. The molecular weight excluding hydrogens is 365 g/mol. The van der Waals surface area contributed by atoms with Crippen LogP contribution in [0.25, 0.3) is 0 Å². The Balaban J connectivity index is 1.55. The van der Waals surface area contributed by atoms with Gasteiger partial charge in [-0.05, 0) is 85.9 Å². The molecule has 4 saturated carbocycles. The summed E-state index contributed by atoms with van der Waals surface area (Å²) in [6, 6.07) is 0. The van der Waals surface area contributed by atoms with Crippen molar-refractivity contribution in [2.45, 2.75) is 89.6 Å². The molecule has 0 aliphatic heterocycles. The fourth-order valence-electron chi connectivity index (χ4n) is 8.72. The average Bonchev–Trinajstić information content (AvgIpc) is 3.26. The van der Waals surface area contributed by atoms with E-state index in [2.05, 4.69) is 17.3 Å². The van der Waals surface area contributed by atoms with E-state index in [4.69, 9.17) is 4.52 Å². The quantitative estimate of drug-likeness (QED) is 0.559. The highest BCUT2D eigenvalue weighted by atomic mass is 19.4. The zero-order chi connectivity index (χ0) is 19.8. The minimum atomic E-state index is -4.34. The minimum Gasteiger partial charge on any atom is -0.345 e. The Morgan fingerprint density at radius 2 is 1.75 bits per heavy atom. The van der Waals surface area contributed by atoms with Crippen LogP contribution >= 0.6 is 0 Å². The first kappa shape index (κ1) is 18.9. The third-order valence-electron chi connectivity index (χ3n) is 10.1. The van der Waals surface area contributed by atoms with Gasteiger partial charge in [0.2, 0.25) is 0 Å². The van der Waals surface area contributed by atoms with Gasteiger partial charge < -0.3 is 4.52 Å². The molecule has 1 aromatic heterocycles. The monoisotopic (exact) mass is 396 g/mol. The van der Waals surface area contributed by atoms with Crippen LogP contribution in [0.1, 0.15) is 83.7 Å². The van der Waals surface area contributed by atoms with Crippen molar-refractivity contribution in [3.63, 3.8) is 0 Å². The molecular formula is C22H31F3N2O. The molecule has 0 bridgehead atoms. The molecule has 7 atom stereocenters. The highest BCUT2D eigenvalue weighted by molar-refractivity contribution is 5.28. The van der Waals surface area contributed by atoms with Gasteiger partial charge in [-0.3, -0.25) is 0 Å². The predicted molar refractivity (Wildman–Crippen MR) is 98.4 cm³/mol. The van der Waals surface area contributed by atoms with E-state index in [1.165, 1.54) is 32.1 Å². The fraction of sp³-hybridized carbons (Fsp3) is 0.909. The van der Waals surface area contributed by atoms with Crippen LogP contribution in [-0.4, -0.2) is 16.5 Å². The highest BCUT2D eigenvalue weighted by Gasteiger charge is 2.74. The lowest BCUT2D eigenvalue weighted by atomic mass is 9.43.